The number of fused-ring (bicyclic) bond motifs is 1. The largest absolute Gasteiger partial charge is 0.454 e. The van der Waals surface area contributed by atoms with E-state index < -0.39 is 0 Å². The van der Waals surface area contributed by atoms with Crippen LogP contribution in [-0.4, -0.2) is 44.4 Å². The quantitative estimate of drug-likeness (QED) is 0.633. The molecule has 162 valence electrons. The summed E-state index contributed by atoms with van der Waals surface area (Å²) >= 11 is 0. The average molecular weight is 421 g/mol. The van der Waals surface area contributed by atoms with Crippen LogP contribution in [0.2, 0.25) is 0 Å². The van der Waals surface area contributed by atoms with Gasteiger partial charge in [0.25, 0.3) is 0 Å². The predicted octanol–water partition coefficient (Wildman–Crippen LogP) is 5.60. The van der Waals surface area contributed by atoms with Gasteiger partial charge < -0.3 is 14.4 Å². The van der Waals surface area contributed by atoms with Gasteiger partial charge in [0.05, 0.1) is 0 Å². The summed E-state index contributed by atoms with van der Waals surface area (Å²) in [4.78, 5) is 5.13. The van der Waals surface area contributed by atoms with Crippen molar-refractivity contribution in [2.45, 2.75) is 53.9 Å². The van der Waals surface area contributed by atoms with Crippen molar-refractivity contribution in [2.24, 2.45) is 10.8 Å². The Kier molecular flexibility index (Phi) is 6.45. The Morgan fingerprint density at radius 2 is 1.62 bits per heavy atom. The molecule has 0 atom stereocenters. The van der Waals surface area contributed by atoms with Crippen LogP contribution in [0.4, 0.5) is 5.69 Å². The van der Waals surface area contributed by atoms with Gasteiger partial charge in [0, 0.05) is 43.5 Å². The van der Waals surface area contributed by atoms with Crippen LogP contribution < -0.4 is 14.4 Å². The highest BCUT2D eigenvalue weighted by molar-refractivity contribution is 5.85. The number of ether oxygens (including phenoxy) is 2. The van der Waals surface area contributed by atoms with E-state index in [2.05, 4.69) is 62.6 Å². The number of benzene rings is 1. The molecule has 1 saturated heterocycles. The van der Waals surface area contributed by atoms with E-state index in [1.807, 2.05) is 0 Å². The maximum absolute atomic E-state index is 5.75. The third-order valence-corrected chi connectivity index (χ3v) is 6.26. The van der Waals surface area contributed by atoms with Crippen molar-refractivity contribution in [1.29, 1.82) is 0 Å². The number of rotatable bonds is 4. The molecule has 29 heavy (non-hydrogen) atoms. The highest BCUT2D eigenvalue weighted by atomic mass is 35.5. The Morgan fingerprint density at radius 1 is 0.966 bits per heavy atom. The fraction of sp³-hybridized carbons (Fsp3) is 0.667. The van der Waals surface area contributed by atoms with Crippen LogP contribution in [0.5, 0.6) is 11.5 Å². The summed E-state index contributed by atoms with van der Waals surface area (Å²) in [5.74, 6) is 1.79. The van der Waals surface area contributed by atoms with Gasteiger partial charge in [-0.05, 0) is 48.3 Å². The molecule has 0 amide bonds. The molecular formula is C24H37ClN2O2. The number of piperazine rings is 1. The van der Waals surface area contributed by atoms with E-state index in [9.17, 15) is 0 Å². The SMILES string of the molecule is CCCN1CCN(c2cc3c(cc2C2=CC(C)(C)CC(C)(C)C2)OCO3)CC1.Cl. The summed E-state index contributed by atoms with van der Waals surface area (Å²) in [5.41, 5.74) is 4.64. The molecule has 0 unspecified atom stereocenters. The zero-order valence-corrected chi connectivity index (χ0v) is 19.5. The lowest BCUT2D eigenvalue weighted by atomic mass is 9.65. The maximum Gasteiger partial charge on any atom is 0.231 e. The van der Waals surface area contributed by atoms with Crippen LogP contribution in [0, 0.1) is 10.8 Å². The van der Waals surface area contributed by atoms with Crippen LogP contribution in [0.3, 0.4) is 0 Å². The fourth-order valence-electron chi connectivity index (χ4n) is 5.54. The summed E-state index contributed by atoms with van der Waals surface area (Å²) in [6.45, 7) is 17.8. The molecule has 1 aromatic carbocycles. The molecule has 1 aromatic rings. The van der Waals surface area contributed by atoms with Crippen molar-refractivity contribution in [2.75, 3.05) is 44.4 Å². The molecule has 4 rings (SSSR count). The van der Waals surface area contributed by atoms with Gasteiger partial charge >= 0.3 is 0 Å². The van der Waals surface area contributed by atoms with E-state index in [1.165, 1.54) is 36.2 Å². The molecule has 0 aromatic heterocycles. The second-order valence-corrected chi connectivity index (χ2v) is 10.2. The zero-order valence-electron chi connectivity index (χ0n) is 18.7. The number of hydrogen-bond acceptors (Lipinski definition) is 4. The van der Waals surface area contributed by atoms with E-state index in [0.717, 1.165) is 44.1 Å². The minimum Gasteiger partial charge on any atom is -0.454 e. The summed E-state index contributed by atoms with van der Waals surface area (Å²) in [6.07, 6.45) is 6.07. The Morgan fingerprint density at radius 3 is 2.24 bits per heavy atom. The summed E-state index contributed by atoms with van der Waals surface area (Å²) in [7, 11) is 0. The monoisotopic (exact) mass is 420 g/mol. The van der Waals surface area contributed by atoms with Crippen molar-refractivity contribution in [3.63, 3.8) is 0 Å². The Hall–Kier alpha value is -1.39. The fourth-order valence-corrected chi connectivity index (χ4v) is 5.54. The Balaban J connectivity index is 0.00000240. The molecule has 0 spiro atoms. The molecular weight excluding hydrogens is 384 g/mol. The molecule has 0 bridgehead atoms. The Bertz CT molecular complexity index is 764. The van der Waals surface area contributed by atoms with E-state index in [0.29, 0.717) is 12.2 Å². The summed E-state index contributed by atoms with van der Waals surface area (Å²) in [6, 6.07) is 4.46. The lowest BCUT2D eigenvalue weighted by Crippen LogP contribution is -2.46. The highest BCUT2D eigenvalue weighted by Gasteiger charge is 2.35. The van der Waals surface area contributed by atoms with Gasteiger partial charge in [0.15, 0.2) is 11.5 Å². The van der Waals surface area contributed by atoms with Gasteiger partial charge in [0.2, 0.25) is 6.79 Å². The Labute approximate surface area is 182 Å². The number of anilines is 1. The minimum absolute atomic E-state index is 0. The standard InChI is InChI=1S/C24H36N2O2.ClH/c1-6-7-25-8-10-26(11-9-25)20-13-22-21(27-17-28-22)12-19(20)18-14-23(2,3)16-24(4,5)15-18;/h12-14H,6-11,15-17H2,1-5H3;1H. The highest BCUT2D eigenvalue weighted by Crippen LogP contribution is 2.50. The molecule has 1 fully saturated rings. The van der Waals surface area contributed by atoms with Crippen molar-refractivity contribution in [1.82, 2.24) is 4.90 Å². The molecule has 2 aliphatic heterocycles. The van der Waals surface area contributed by atoms with Gasteiger partial charge in [-0.1, -0.05) is 40.7 Å². The van der Waals surface area contributed by atoms with Gasteiger partial charge in [-0.25, -0.2) is 0 Å². The van der Waals surface area contributed by atoms with Crippen molar-refractivity contribution in [3.05, 3.63) is 23.8 Å². The second-order valence-electron chi connectivity index (χ2n) is 10.2. The predicted molar refractivity (Wildman–Crippen MR) is 124 cm³/mol. The molecule has 0 saturated carbocycles. The number of nitrogens with zero attached hydrogens (tertiary/aromatic N) is 2. The topological polar surface area (TPSA) is 24.9 Å². The van der Waals surface area contributed by atoms with Gasteiger partial charge in [-0.3, -0.25) is 4.90 Å². The van der Waals surface area contributed by atoms with Gasteiger partial charge in [0.1, 0.15) is 0 Å². The molecule has 3 aliphatic rings. The molecule has 0 N–H and O–H groups in total. The lowest BCUT2D eigenvalue weighted by Gasteiger charge is -2.41. The van der Waals surface area contributed by atoms with E-state index in [4.69, 9.17) is 9.47 Å². The van der Waals surface area contributed by atoms with Crippen LogP contribution in [0.25, 0.3) is 5.57 Å². The lowest BCUT2D eigenvalue weighted by molar-refractivity contribution is 0.174. The average Bonchev–Trinajstić information content (AvgIpc) is 3.06. The first kappa shape index (κ1) is 22.3. The molecule has 1 aliphatic carbocycles. The van der Waals surface area contributed by atoms with Gasteiger partial charge in [-0.15, -0.1) is 12.4 Å². The van der Waals surface area contributed by atoms with Crippen molar-refractivity contribution < 1.29 is 9.47 Å². The molecule has 2 heterocycles. The third kappa shape index (κ3) is 4.86. The molecule has 5 heteroatoms. The maximum atomic E-state index is 5.75. The van der Waals surface area contributed by atoms with Crippen LogP contribution in [0.1, 0.15) is 59.4 Å². The zero-order chi connectivity index (χ0) is 19.9. The van der Waals surface area contributed by atoms with E-state index in [1.54, 1.807) is 0 Å². The second kappa shape index (κ2) is 8.39. The van der Waals surface area contributed by atoms with Crippen molar-refractivity contribution >= 4 is 23.7 Å². The van der Waals surface area contributed by atoms with Crippen molar-refractivity contribution in [3.8, 4) is 11.5 Å². The molecule has 0 radical (unpaired) electrons. The van der Waals surface area contributed by atoms with Gasteiger partial charge in [-0.2, -0.15) is 0 Å². The number of allylic oxidation sites excluding steroid dienone is 2. The van der Waals surface area contributed by atoms with Crippen LogP contribution >= 0.6 is 12.4 Å². The normalized spacial score (nSPS) is 22.8. The van der Waals surface area contributed by atoms with Crippen LogP contribution in [-0.2, 0) is 0 Å². The first-order valence-corrected chi connectivity index (χ1v) is 10.9. The minimum atomic E-state index is 0. The van der Waals surface area contributed by atoms with E-state index >= 15 is 0 Å². The molecule has 4 nitrogen and oxygen atoms in total. The first-order chi connectivity index (χ1) is 13.3. The van der Waals surface area contributed by atoms with Crippen LogP contribution in [0.15, 0.2) is 18.2 Å². The number of hydrogen-bond donors (Lipinski definition) is 0. The van der Waals surface area contributed by atoms with E-state index in [-0.39, 0.29) is 17.8 Å². The number of halogens is 1. The first-order valence-electron chi connectivity index (χ1n) is 10.9. The third-order valence-electron chi connectivity index (χ3n) is 6.26. The summed E-state index contributed by atoms with van der Waals surface area (Å²) < 4.78 is 11.5. The smallest absolute Gasteiger partial charge is 0.231 e. The summed E-state index contributed by atoms with van der Waals surface area (Å²) in [5, 5.41) is 0.